The summed E-state index contributed by atoms with van der Waals surface area (Å²) in [6, 6.07) is 6.86. The van der Waals surface area contributed by atoms with E-state index in [1.165, 1.54) is 11.0 Å². The van der Waals surface area contributed by atoms with E-state index in [-0.39, 0.29) is 16.8 Å². The number of carbonyl (C=O) groups excluding carboxylic acids is 1. The molecule has 2 unspecified atom stereocenters. The van der Waals surface area contributed by atoms with E-state index in [4.69, 9.17) is 28.0 Å². The molecule has 2 saturated heterocycles. The highest BCUT2D eigenvalue weighted by Gasteiger charge is 2.34. The van der Waals surface area contributed by atoms with E-state index >= 15 is 0 Å². The first-order valence-corrected chi connectivity index (χ1v) is 9.82. The zero-order valence-electron chi connectivity index (χ0n) is 16.5. The van der Waals surface area contributed by atoms with Gasteiger partial charge in [-0.05, 0) is 42.8 Å². The molecule has 0 aromatic heterocycles. The van der Waals surface area contributed by atoms with E-state index < -0.39 is 12.2 Å². The first kappa shape index (κ1) is 20.9. The molecule has 9 heteroatoms. The molecule has 0 saturated carbocycles. The molecule has 2 fully saturated rings. The third-order valence-corrected chi connectivity index (χ3v) is 5.67. The van der Waals surface area contributed by atoms with Gasteiger partial charge in [0.05, 0.1) is 30.5 Å². The lowest BCUT2D eigenvalue weighted by Gasteiger charge is -2.34. The second kappa shape index (κ2) is 8.66. The number of anilines is 2. The molecule has 0 aliphatic carbocycles. The van der Waals surface area contributed by atoms with Gasteiger partial charge >= 0.3 is 6.09 Å². The quantitative estimate of drug-likeness (QED) is 0.595. The standard InChI is InChI=1S/C20H24FN5O2S/c1-13-10-25(8-6-14(13)5-7-22)18-4-3-15(9-17(18)21)26-12-16(28-20(26)27)11-24(2)19(23)29/h3-5,9,13,16H,6,8,10-12H2,1-2H3,(H2,23,29). The van der Waals surface area contributed by atoms with Gasteiger partial charge in [0.2, 0.25) is 0 Å². The number of hydrogen-bond donors (Lipinski definition) is 1. The Labute approximate surface area is 175 Å². The number of nitriles is 1. The van der Waals surface area contributed by atoms with Crippen molar-refractivity contribution in [2.45, 2.75) is 19.4 Å². The van der Waals surface area contributed by atoms with Gasteiger partial charge in [-0.1, -0.05) is 12.5 Å². The minimum atomic E-state index is -0.517. The molecular weight excluding hydrogens is 393 g/mol. The molecule has 7 nitrogen and oxygen atoms in total. The number of allylic oxidation sites excluding steroid dienone is 1. The molecule has 2 aliphatic rings. The number of halogens is 1. The Morgan fingerprint density at radius 1 is 1.52 bits per heavy atom. The van der Waals surface area contributed by atoms with E-state index in [0.717, 1.165) is 12.0 Å². The molecule has 1 aromatic carbocycles. The monoisotopic (exact) mass is 417 g/mol. The highest BCUT2D eigenvalue weighted by molar-refractivity contribution is 7.80. The summed E-state index contributed by atoms with van der Waals surface area (Å²) in [4.78, 5) is 17.2. The summed E-state index contributed by atoms with van der Waals surface area (Å²) in [5.74, 6) is -0.207. The van der Waals surface area contributed by atoms with Gasteiger partial charge in [-0.3, -0.25) is 4.90 Å². The van der Waals surface area contributed by atoms with Crippen molar-refractivity contribution in [1.82, 2.24) is 4.90 Å². The number of carbonyl (C=O) groups is 1. The first-order chi connectivity index (χ1) is 13.8. The maximum atomic E-state index is 14.9. The van der Waals surface area contributed by atoms with Crippen molar-refractivity contribution in [3.05, 3.63) is 35.7 Å². The summed E-state index contributed by atoms with van der Waals surface area (Å²) in [6.07, 6.45) is 1.40. The molecule has 2 aliphatic heterocycles. The van der Waals surface area contributed by atoms with Crippen molar-refractivity contribution >= 4 is 34.8 Å². The normalized spacial score (nSPS) is 23.1. The summed E-state index contributed by atoms with van der Waals surface area (Å²) in [5, 5.41) is 9.08. The summed E-state index contributed by atoms with van der Waals surface area (Å²) in [6.45, 7) is 4.00. The number of ether oxygens (including phenoxy) is 1. The van der Waals surface area contributed by atoms with Crippen LogP contribution >= 0.6 is 12.2 Å². The number of amides is 1. The van der Waals surface area contributed by atoms with Crippen LogP contribution in [0, 0.1) is 23.1 Å². The van der Waals surface area contributed by atoms with Crippen LogP contribution in [0.3, 0.4) is 0 Å². The van der Waals surface area contributed by atoms with Crippen molar-refractivity contribution in [1.29, 1.82) is 5.26 Å². The van der Waals surface area contributed by atoms with Crippen LogP contribution in [0.4, 0.5) is 20.6 Å². The number of piperidine rings is 1. The molecule has 0 spiro atoms. The SMILES string of the molecule is CC1CN(c2ccc(N3CC(CN(C)C(N)=S)OC3=O)cc2F)CCC1=CC#N. The predicted molar refractivity (Wildman–Crippen MR) is 113 cm³/mol. The maximum Gasteiger partial charge on any atom is 0.414 e. The number of cyclic esters (lactones) is 1. The molecule has 2 heterocycles. The number of likely N-dealkylation sites (N-methyl/N-ethyl adjacent to an activating group) is 1. The second-order valence-corrected chi connectivity index (χ2v) is 7.83. The molecule has 3 rings (SSSR count). The largest absolute Gasteiger partial charge is 0.442 e. The summed E-state index contributed by atoms with van der Waals surface area (Å²) in [5.41, 5.74) is 7.60. The van der Waals surface area contributed by atoms with Gasteiger partial charge in [0.15, 0.2) is 5.11 Å². The van der Waals surface area contributed by atoms with Gasteiger partial charge in [0.25, 0.3) is 0 Å². The fourth-order valence-electron chi connectivity index (χ4n) is 3.71. The molecule has 0 radical (unpaired) electrons. The molecule has 29 heavy (non-hydrogen) atoms. The van der Waals surface area contributed by atoms with Crippen LogP contribution in [0.15, 0.2) is 29.8 Å². The van der Waals surface area contributed by atoms with Crippen LogP contribution in [-0.4, -0.2) is 55.4 Å². The highest BCUT2D eigenvalue weighted by Crippen LogP contribution is 2.32. The Bertz CT molecular complexity index is 884. The van der Waals surface area contributed by atoms with E-state index in [0.29, 0.717) is 37.6 Å². The third kappa shape index (κ3) is 4.59. The Morgan fingerprint density at radius 3 is 2.90 bits per heavy atom. The molecule has 2 atom stereocenters. The maximum absolute atomic E-state index is 14.9. The lowest BCUT2D eigenvalue weighted by atomic mass is 9.92. The van der Waals surface area contributed by atoms with Gasteiger partial charge in [-0.2, -0.15) is 5.26 Å². The van der Waals surface area contributed by atoms with E-state index in [1.54, 1.807) is 30.2 Å². The fraction of sp³-hybridized carbons (Fsp3) is 0.450. The lowest BCUT2D eigenvalue weighted by Crippen LogP contribution is -2.39. The number of rotatable bonds is 4. The average molecular weight is 418 g/mol. The third-order valence-electron chi connectivity index (χ3n) is 5.36. The number of hydrogen-bond acceptors (Lipinski definition) is 5. The zero-order chi connectivity index (χ0) is 21.1. The Hall–Kier alpha value is -2.86. The summed E-state index contributed by atoms with van der Waals surface area (Å²) < 4.78 is 20.2. The summed E-state index contributed by atoms with van der Waals surface area (Å²) >= 11 is 4.90. The average Bonchev–Trinajstić information content (AvgIpc) is 3.03. The molecular formula is C20H24FN5O2S. The second-order valence-electron chi connectivity index (χ2n) is 7.42. The molecule has 0 bridgehead atoms. The number of thiocarbonyl (C=S) groups is 1. The van der Waals surface area contributed by atoms with Gasteiger partial charge in [-0.15, -0.1) is 0 Å². The Balaban J connectivity index is 1.70. The van der Waals surface area contributed by atoms with Crippen LogP contribution in [-0.2, 0) is 4.74 Å². The number of nitrogens with zero attached hydrogens (tertiary/aromatic N) is 4. The van der Waals surface area contributed by atoms with Crippen LogP contribution in [0.2, 0.25) is 0 Å². The zero-order valence-corrected chi connectivity index (χ0v) is 17.3. The first-order valence-electron chi connectivity index (χ1n) is 9.42. The highest BCUT2D eigenvalue weighted by atomic mass is 32.1. The molecule has 1 amide bonds. The topological polar surface area (TPSA) is 85.8 Å². The molecule has 154 valence electrons. The van der Waals surface area contributed by atoms with Crippen molar-refractivity contribution in [2.24, 2.45) is 11.7 Å². The predicted octanol–water partition coefficient (Wildman–Crippen LogP) is 2.62. The van der Waals surface area contributed by atoms with Crippen molar-refractivity contribution < 1.29 is 13.9 Å². The van der Waals surface area contributed by atoms with Gasteiger partial charge in [0, 0.05) is 26.2 Å². The van der Waals surface area contributed by atoms with E-state index in [2.05, 4.69) is 6.07 Å². The Kier molecular flexibility index (Phi) is 6.23. The molecule has 1 aromatic rings. The van der Waals surface area contributed by atoms with Crippen LogP contribution in [0.25, 0.3) is 0 Å². The smallest absolute Gasteiger partial charge is 0.414 e. The van der Waals surface area contributed by atoms with E-state index in [1.807, 2.05) is 11.8 Å². The van der Waals surface area contributed by atoms with Crippen LogP contribution in [0.1, 0.15) is 13.3 Å². The number of nitrogens with two attached hydrogens (primary N) is 1. The minimum Gasteiger partial charge on any atom is -0.442 e. The van der Waals surface area contributed by atoms with Crippen molar-refractivity contribution in [3.63, 3.8) is 0 Å². The fourth-order valence-corrected chi connectivity index (χ4v) is 3.78. The van der Waals surface area contributed by atoms with Gasteiger partial charge in [-0.25, -0.2) is 9.18 Å². The van der Waals surface area contributed by atoms with Crippen molar-refractivity contribution in [2.75, 3.05) is 43.0 Å². The van der Waals surface area contributed by atoms with Crippen molar-refractivity contribution in [3.8, 4) is 6.07 Å². The molecule has 2 N–H and O–H groups in total. The lowest BCUT2D eigenvalue weighted by molar-refractivity contribution is 0.130. The van der Waals surface area contributed by atoms with Gasteiger partial charge < -0.3 is 20.3 Å². The van der Waals surface area contributed by atoms with Gasteiger partial charge in [0.1, 0.15) is 11.9 Å². The number of benzene rings is 1. The minimum absolute atomic E-state index is 0.183. The van der Waals surface area contributed by atoms with Crippen LogP contribution < -0.4 is 15.5 Å². The van der Waals surface area contributed by atoms with Crippen LogP contribution in [0.5, 0.6) is 0 Å². The van der Waals surface area contributed by atoms with E-state index in [9.17, 15) is 9.18 Å². The summed E-state index contributed by atoms with van der Waals surface area (Å²) in [7, 11) is 1.73. The Morgan fingerprint density at radius 2 is 2.28 bits per heavy atom.